The topological polar surface area (TPSA) is 46.1 Å². The van der Waals surface area contributed by atoms with Crippen molar-refractivity contribution in [1.82, 2.24) is 14.9 Å². The highest BCUT2D eigenvalue weighted by molar-refractivity contribution is 7.98. The van der Waals surface area contributed by atoms with E-state index in [4.69, 9.17) is 0 Å². The first kappa shape index (κ1) is 16.0. The first-order valence-corrected chi connectivity index (χ1v) is 8.82. The predicted octanol–water partition coefficient (Wildman–Crippen LogP) is 3.66. The minimum absolute atomic E-state index is 0.0217. The first-order chi connectivity index (χ1) is 10.0. The van der Waals surface area contributed by atoms with E-state index in [1.165, 1.54) is 11.8 Å². The molecule has 0 radical (unpaired) electrons. The van der Waals surface area contributed by atoms with Gasteiger partial charge in [-0.05, 0) is 18.4 Å². The maximum absolute atomic E-state index is 12.5. The summed E-state index contributed by atoms with van der Waals surface area (Å²) in [6.45, 7) is 4.76. The summed E-state index contributed by atoms with van der Waals surface area (Å²) in [6.07, 6.45) is 3.63. The summed E-state index contributed by atoms with van der Waals surface area (Å²) >= 11 is 3.13. The van der Waals surface area contributed by atoms with Gasteiger partial charge in [0.25, 0.3) is 5.91 Å². The van der Waals surface area contributed by atoms with Crippen molar-refractivity contribution in [3.63, 3.8) is 0 Å². The molecule has 2 rings (SSSR count). The van der Waals surface area contributed by atoms with Gasteiger partial charge in [0.1, 0.15) is 5.03 Å². The van der Waals surface area contributed by atoms with Crippen LogP contribution in [-0.2, 0) is 6.54 Å². The molecule has 0 unspecified atom stereocenters. The lowest BCUT2D eigenvalue weighted by Crippen LogP contribution is -2.27. The van der Waals surface area contributed by atoms with Gasteiger partial charge in [0.2, 0.25) is 0 Å². The van der Waals surface area contributed by atoms with E-state index in [2.05, 4.69) is 23.8 Å². The number of nitrogens with zero attached hydrogens (tertiary/aromatic N) is 3. The van der Waals surface area contributed by atoms with Gasteiger partial charge in [-0.2, -0.15) is 0 Å². The van der Waals surface area contributed by atoms with Gasteiger partial charge in [-0.15, -0.1) is 23.1 Å². The maximum atomic E-state index is 12.5. The molecule has 0 saturated heterocycles. The van der Waals surface area contributed by atoms with Crippen LogP contribution < -0.4 is 0 Å². The zero-order chi connectivity index (χ0) is 15.4. The number of hydrogen-bond acceptors (Lipinski definition) is 5. The Morgan fingerprint density at radius 3 is 2.86 bits per heavy atom. The van der Waals surface area contributed by atoms with Crippen molar-refractivity contribution in [2.75, 3.05) is 13.3 Å². The van der Waals surface area contributed by atoms with Crippen molar-refractivity contribution in [1.29, 1.82) is 0 Å². The molecule has 0 fully saturated rings. The molecule has 6 heteroatoms. The molecule has 21 heavy (non-hydrogen) atoms. The molecular formula is C15H19N3OS2. The van der Waals surface area contributed by atoms with Crippen LogP contribution in [0, 0.1) is 0 Å². The van der Waals surface area contributed by atoms with Crippen LogP contribution in [-0.4, -0.2) is 34.1 Å². The lowest BCUT2D eigenvalue weighted by molar-refractivity contribution is 0.0779. The lowest BCUT2D eigenvalue weighted by Gasteiger charge is -2.17. The molecule has 112 valence electrons. The highest BCUT2D eigenvalue weighted by Gasteiger charge is 2.17. The van der Waals surface area contributed by atoms with Crippen LogP contribution in [0.25, 0.3) is 0 Å². The zero-order valence-corrected chi connectivity index (χ0v) is 14.3. The average Bonchev–Trinajstić information content (AvgIpc) is 2.95. The minimum atomic E-state index is -0.0217. The summed E-state index contributed by atoms with van der Waals surface area (Å²) < 4.78 is 0. The Labute approximate surface area is 133 Å². The fourth-order valence-electron chi connectivity index (χ4n) is 1.90. The number of pyridine rings is 1. The van der Waals surface area contributed by atoms with Crippen LogP contribution in [0.2, 0.25) is 0 Å². The molecular weight excluding hydrogens is 302 g/mol. The molecule has 2 aromatic heterocycles. The van der Waals surface area contributed by atoms with E-state index in [0.717, 1.165) is 15.7 Å². The number of aromatic nitrogens is 2. The Morgan fingerprint density at radius 1 is 1.48 bits per heavy atom. The largest absolute Gasteiger partial charge is 0.336 e. The molecule has 0 aliphatic rings. The molecule has 0 bridgehead atoms. The monoisotopic (exact) mass is 321 g/mol. The van der Waals surface area contributed by atoms with Crippen LogP contribution in [0.4, 0.5) is 0 Å². The molecule has 2 aromatic rings. The number of carbonyl (C=O) groups is 1. The van der Waals surface area contributed by atoms with Crippen LogP contribution in [0.5, 0.6) is 0 Å². The molecule has 0 atom stereocenters. The van der Waals surface area contributed by atoms with E-state index in [1.807, 2.05) is 17.7 Å². The molecule has 0 spiro atoms. The standard InChI is InChI=1S/C15H19N3OS2/c1-10(2)13-17-11(9-21-13)8-18(3)15(19)12-6-5-7-16-14(12)20-4/h5-7,9-10H,8H2,1-4H3. The minimum Gasteiger partial charge on any atom is -0.336 e. The fraction of sp³-hybridized carbons (Fsp3) is 0.400. The van der Waals surface area contributed by atoms with Gasteiger partial charge >= 0.3 is 0 Å². The summed E-state index contributed by atoms with van der Waals surface area (Å²) in [5.41, 5.74) is 1.58. The van der Waals surface area contributed by atoms with Crippen molar-refractivity contribution in [3.8, 4) is 0 Å². The van der Waals surface area contributed by atoms with Crippen molar-refractivity contribution in [2.24, 2.45) is 0 Å². The van der Waals surface area contributed by atoms with Crippen LogP contribution in [0.1, 0.15) is 40.8 Å². The second-order valence-corrected chi connectivity index (χ2v) is 6.74. The number of amides is 1. The second kappa shape index (κ2) is 7.04. The SMILES string of the molecule is CSc1ncccc1C(=O)N(C)Cc1csc(C(C)C)n1. The van der Waals surface area contributed by atoms with Crippen molar-refractivity contribution >= 4 is 29.0 Å². The predicted molar refractivity (Wildman–Crippen MR) is 88.0 cm³/mol. The van der Waals surface area contributed by atoms with Crippen LogP contribution >= 0.6 is 23.1 Å². The third kappa shape index (κ3) is 3.83. The Kier molecular flexibility index (Phi) is 5.36. The molecule has 0 aromatic carbocycles. The number of thioether (sulfide) groups is 1. The molecule has 4 nitrogen and oxygen atoms in total. The third-order valence-electron chi connectivity index (χ3n) is 3.00. The van der Waals surface area contributed by atoms with Gasteiger partial charge in [-0.3, -0.25) is 4.79 Å². The van der Waals surface area contributed by atoms with Crippen molar-refractivity contribution in [2.45, 2.75) is 31.3 Å². The number of rotatable bonds is 5. The van der Waals surface area contributed by atoms with Gasteiger partial charge < -0.3 is 4.90 Å². The molecule has 0 saturated carbocycles. The Bertz CT molecular complexity index is 625. The van der Waals surface area contributed by atoms with E-state index < -0.39 is 0 Å². The number of hydrogen-bond donors (Lipinski definition) is 0. The quantitative estimate of drug-likeness (QED) is 0.789. The van der Waals surface area contributed by atoms with Gasteiger partial charge in [-0.1, -0.05) is 13.8 Å². The van der Waals surface area contributed by atoms with Gasteiger partial charge in [0.15, 0.2) is 0 Å². The van der Waals surface area contributed by atoms with E-state index in [0.29, 0.717) is 18.0 Å². The lowest BCUT2D eigenvalue weighted by atomic mass is 10.2. The van der Waals surface area contributed by atoms with E-state index in [9.17, 15) is 4.79 Å². The zero-order valence-electron chi connectivity index (χ0n) is 12.7. The normalized spacial score (nSPS) is 10.9. The first-order valence-electron chi connectivity index (χ1n) is 6.71. The summed E-state index contributed by atoms with van der Waals surface area (Å²) in [4.78, 5) is 23.0. The van der Waals surface area contributed by atoms with Gasteiger partial charge in [-0.25, -0.2) is 9.97 Å². The molecule has 0 aliphatic heterocycles. The highest BCUT2D eigenvalue weighted by atomic mass is 32.2. The Morgan fingerprint density at radius 2 is 2.24 bits per heavy atom. The third-order valence-corrected chi connectivity index (χ3v) is 4.91. The number of thiazole rings is 1. The summed E-state index contributed by atoms with van der Waals surface area (Å²) in [6, 6.07) is 3.61. The smallest absolute Gasteiger partial charge is 0.256 e. The molecule has 2 heterocycles. The number of carbonyl (C=O) groups excluding carboxylic acids is 1. The van der Waals surface area contributed by atoms with E-state index >= 15 is 0 Å². The van der Waals surface area contributed by atoms with Crippen molar-refractivity contribution in [3.05, 3.63) is 40.0 Å². The molecule has 0 N–H and O–H groups in total. The maximum Gasteiger partial charge on any atom is 0.256 e. The van der Waals surface area contributed by atoms with Crippen LogP contribution in [0.15, 0.2) is 28.7 Å². The summed E-state index contributed by atoms with van der Waals surface area (Å²) in [5, 5.41) is 3.89. The second-order valence-electron chi connectivity index (χ2n) is 5.05. The molecule has 0 aliphatic carbocycles. The van der Waals surface area contributed by atoms with E-state index in [-0.39, 0.29) is 5.91 Å². The highest BCUT2D eigenvalue weighted by Crippen LogP contribution is 2.21. The summed E-state index contributed by atoms with van der Waals surface area (Å²) in [5.74, 6) is 0.401. The van der Waals surface area contributed by atoms with Crippen LogP contribution in [0.3, 0.4) is 0 Å². The van der Waals surface area contributed by atoms with E-state index in [1.54, 1.807) is 35.5 Å². The molecule has 1 amide bonds. The average molecular weight is 321 g/mol. The summed E-state index contributed by atoms with van der Waals surface area (Å²) in [7, 11) is 1.80. The Balaban J connectivity index is 2.11. The van der Waals surface area contributed by atoms with Gasteiger partial charge in [0, 0.05) is 24.5 Å². The fourth-order valence-corrected chi connectivity index (χ4v) is 3.26. The van der Waals surface area contributed by atoms with Crippen molar-refractivity contribution < 1.29 is 4.79 Å². The Hall–Kier alpha value is -1.40. The van der Waals surface area contributed by atoms with Gasteiger partial charge in [0.05, 0.1) is 22.8 Å².